The highest BCUT2D eigenvalue weighted by atomic mass is 32.1. The molecule has 0 spiro atoms. The van der Waals surface area contributed by atoms with E-state index in [1.807, 2.05) is 0 Å². The second-order valence-corrected chi connectivity index (χ2v) is 4.89. The van der Waals surface area contributed by atoms with Gasteiger partial charge in [-0.1, -0.05) is 0 Å². The van der Waals surface area contributed by atoms with Crippen LogP contribution in [0.2, 0.25) is 0 Å². The van der Waals surface area contributed by atoms with Crippen molar-refractivity contribution in [1.29, 1.82) is 0 Å². The van der Waals surface area contributed by atoms with E-state index in [0.717, 1.165) is 11.3 Å². The number of carbonyl (C=O) groups is 2. The van der Waals surface area contributed by atoms with Crippen molar-refractivity contribution in [2.24, 2.45) is 0 Å². The number of anilines is 1. The second-order valence-electron chi connectivity index (χ2n) is 3.81. The summed E-state index contributed by atoms with van der Waals surface area (Å²) in [4.78, 5) is 22.8. The van der Waals surface area contributed by atoms with Gasteiger partial charge in [0.25, 0.3) is 5.91 Å². The van der Waals surface area contributed by atoms with E-state index in [2.05, 4.69) is 5.32 Å². The third kappa shape index (κ3) is 2.89. The Morgan fingerprint density at radius 1 is 1.25 bits per heavy atom. The highest BCUT2D eigenvalue weighted by Crippen LogP contribution is 2.26. The number of hydrogen-bond donors (Lipinski definition) is 3. The van der Waals surface area contributed by atoms with Crippen LogP contribution < -0.4 is 10.1 Å². The molecule has 1 heterocycles. The Labute approximate surface area is 118 Å². The van der Waals surface area contributed by atoms with Crippen LogP contribution in [0.4, 0.5) is 5.00 Å². The van der Waals surface area contributed by atoms with Gasteiger partial charge in [-0.05, 0) is 24.3 Å². The highest BCUT2D eigenvalue weighted by Gasteiger charge is 2.14. The van der Waals surface area contributed by atoms with Crippen LogP contribution in [0, 0.1) is 0 Å². The number of hydrogen-bond acceptors (Lipinski definition) is 5. The molecule has 0 aliphatic carbocycles. The van der Waals surface area contributed by atoms with Crippen molar-refractivity contribution < 1.29 is 24.5 Å². The Hall–Kier alpha value is -2.54. The standard InChI is InChI=1S/C13H11NO5S/c1-19-7-2-3-8(9(15)6-7)12(16)14-11-5-4-10(20-11)13(17)18/h2-6,15H,1H3,(H,14,16)(H,17,18). The number of phenols is 1. The Kier molecular flexibility index (Phi) is 3.90. The van der Waals surface area contributed by atoms with Gasteiger partial charge in [0.1, 0.15) is 16.4 Å². The average molecular weight is 293 g/mol. The normalized spacial score (nSPS) is 10.1. The Balaban J connectivity index is 2.17. The smallest absolute Gasteiger partial charge is 0.345 e. The van der Waals surface area contributed by atoms with Gasteiger partial charge in [-0.25, -0.2) is 4.79 Å². The van der Waals surface area contributed by atoms with Gasteiger partial charge in [0, 0.05) is 6.07 Å². The third-order valence-electron chi connectivity index (χ3n) is 2.50. The molecule has 7 heteroatoms. The molecule has 0 bridgehead atoms. The van der Waals surface area contributed by atoms with Gasteiger partial charge in [0.15, 0.2) is 0 Å². The van der Waals surface area contributed by atoms with E-state index in [1.165, 1.54) is 31.4 Å². The average Bonchev–Trinajstić information content (AvgIpc) is 2.87. The van der Waals surface area contributed by atoms with Gasteiger partial charge >= 0.3 is 5.97 Å². The number of amides is 1. The van der Waals surface area contributed by atoms with E-state index < -0.39 is 11.9 Å². The number of carboxylic acids is 1. The van der Waals surface area contributed by atoms with Gasteiger partial charge in [0.05, 0.1) is 17.7 Å². The molecular formula is C13H11NO5S. The Bertz CT molecular complexity index is 665. The minimum absolute atomic E-state index is 0.0797. The van der Waals surface area contributed by atoms with Crippen molar-refractivity contribution in [1.82, 2.24) is 0 Å². The molecule has 20 heavy (non-hydrogen) atoms. The predicted molar refractivity (Wildman–Crippen MR) is 73.9 cm³/mol. The number of aromatic hydroxyl groups is 1. The van der Waals surface area contributed by atoms with Crippen LogP contribution in [-0.2, 0) is 0 Å². The van der Waals surface area contributed by atoms with Crippen molar-refractivity contribution in [3.63, 3.8) is 0 Å². The minimum Gasteiger partial charge on any atom is -0.507 e. The van der Waals surface area contributed by atoms with Gasteiger partial charge in [0.2, 0.25) is 0 Å². The number of aromatic carboxylic acids is 1. The fourth-order valence-corrected chi connectivity index (χ4v) is 2.27. The lowest BCUT2D eigenvalue weighted by molar-refractivity contribution is 0.0702. The van der Waals surface area contributed by atoms with E-state index in [0.29, 0.717) is 10.8 Å². The van der Waals surface area contributed by atoms with Crippen LogP contribution in [0.25, 0.3) is 0 Å². The van der Waals surface area contributed by atoms with E-state index in [1.54, 1.807) is 6.07 Å². The van der Waals surface area contributed by atoms with Crippen LogP contribution in [0.15, 0.2) is 30.3 Å². The second kappa shape index (κ2) is 5.62. The summed E-state index contributed by atoms with van der Waals surface area (Å²) in [6.45, 7) is 0. The molecule has 104 valence electrons. The van der Waals surface area contributed by atoms with Crippen LogP contribution in [0.3, 0.4) is 0 Å². The number of nitrogens with one attached hydrogen (secondary N) is 1. The monoisotopic (exact) mass is 293 g/mol. The molecule has 0 atom stereocenters. The third-order valence-corrected chi connectivity index (χ3v) is 3.49. The molecule has 0 aliphatic heterocycles. The van der Waals surface area contributed by atoms with Gasteiger partial charge in [-0.15, -0.1) is 11.3 Å². The molecule has 0 saturated carbocycles. The minimum atomic E-state index is -1.05. The summed E-state index contributed by atoms with van der Waals surface area (Å²) in [6, 6.07) is 7.19. The fraction of sp³-hybridized carbons (Fsp3) is 0.0769. The zero-order valence-electron chi connectivity index (χ0n) is 10.4. The molecule has 1 amide bonds. The first-order valence-electron chi connectivity index (χ1n) is 5.52. The number of thiophene rings is 1. The zero-order chi connectivity index (χ0) is 14.7. The van der Waals surface area contributed by atoms with Gasteiger partial charge in [-0.2, -0.15) is 0 Å². The van der Waals surface area contributed by atoms with Crippen LogP contribution in [0.1, 0.15) is 20.0 Å². The lowest BCUT2D eigenvalue weighted by Crippen LogP contribution is -2.11. The highest BCUT2D eigenvalue weighted by molar-refractivity contribution is 7.18. The largest absolute Gasteiger partial charge is 0.507 e. The molecule has 0 saturated heterocycles. The molecule has 2 aromatic rings. The molecule has 3 N–H and O–H groups in total. The first-order chi connectivity index (χ1) is 9.51. The Morgan fingerprint density at radius 2 is 2.00 bits per heavy atom. The van der Waals surface area contributed by atoms with Crippen molar-refractivity contribution in [2.75, 3.05) is 12.4 Å². The van der Waals surface area contributed by atoms with E-state index >= 15 is 0 Å². The van der Waals surface area contributed by atoms with Crippen LogP contribution >= 0.6 is 11.3 Å². The molecule has 0 fully saturated rings. The SMILES string of the molecule is COc1ccc(C(=O)Nc2ccc(C(=O)O)s2)c(O)c1. The molecule has 0 radical (unpaired) electrons. The maximum Gasteiger partial charge on any atom is 0.345 e. The van der Waals surface area contributed by atoms with Crippen LogP contribution in [0.5, 0.6) is 11.5 Å². The maximum absolute atomic E-state index is 12.0. The number of carboxylic acid groups (broad SMARTS) is 1. The number of benzene rings is 1. The van der Waals surface area contributed by atoms with E-state index in [9.17, 15) is 14.7 Å². The molecule has 2 rings (SSSR count). The number of rotatable bonds is 4. The van der Waals surface area contributed by atoms with Crippen molar-refractivity contribution in [3.8, 4) is 11.5 Å². The quantitative estimate of drug-likeness (QED) is 0.804. The number of methoxy groups -OCH3 is 1. The number of ether oxygens (including phenoxy) is 1. The van der Waals surface area contributed by atoms with Gasteiger partial charge < -0.3 is 20.3 Å². The first kappa shape index (κ1) is 13.9. The van der Waals surface area contributed by atoms with Gasteiger partial charge in [-0.3, -0.25) is 4.79 Å². The lowest BCUT2D eigenvalue weighted by atomic mass is 10.2. The summed E-state index contributed by atoms with van der Waals surface area (Å²) in [5.74, 6) is -1.35. The summed E-state index contributed by atoms with van der Waals surface area (Å²) >= 11 is 0.940. The topological polar surface area (TPSA) is 95.9 Å². The first-order valence-corrected chi connectivity index (χ1v) is 6.34. The summed E-state index contributed by atoms with van der Waals surface area (Å²) in [5.41, 5.74) is 0.0797. The number of carbonyl (C=O) groups excluding carboxylic acids is 1. The molecule has 1 aromatic carbocycles. The fourth-order valence-electron chi connectivity index (χ4n) is 1.53. The van der Waals surface area contributed by atoms with Crippen molar-refractivity contribution in [2.45, 2.75) is 0 Å². The Morgan fingerprint density at radius 3 is 2.55 bits per heavy atom. The maximum atomic E-state index is 12.0. The predicted octanol–water partition coefficient (Wildman–Crippen LogP) is 2.41. The van der Waals surface area contributed by atoms with Crippen molar-refractivity contribution >= 4 is 28.2 Å². The summed E-state index contributed by atoms with van der Waals surface area (Å²) < 4.78 is 4.92. The van der Waals surface area contributed by atoms with E-state index in [-0.39, 0.29) is 16.2 Å². The molecule has 0 unspecified atom stereocenters. The van der Waals surface area contributed by atoms with Crippen LogP contribution in [-0.4, -0.2) is 29.2 Å². The molecule has 1 aromatic heterocycles. The molecular weight excluding hydrogens is 282 g/mol. The summed E-state index contributed by atoms with van der Waals surface area (Å²) in [7, 11) is 1.45. The van der Waals surface area contributed by atoms with E-state index in [4.69, 9.17) is 9.84 Å². The summed E-state index contributed by atoms with van der Waals surface area (Å²) in [5, 5.41) is 21.4. The lowest BCUT2D eigenvalue weighted by Gasteiger charge is -2.06. The van der Waals surface area contributed by atoms with Crippen molar-refractivity contribution in [3.05, 3.63) is 40.8 Å². The molecule has 0 aliphatic rings. The molecule has 6 nitrogen and oxygen atoms in total. The zero-order valence-corrected chi connectivity index (χ0v) is 11.2. The number of phenolic OH excluding ortho intramolecular Hbond substituents is 1. The summed E-state index contributed by atoms with van der Waals surface area (Å²) in [6.07, 6.45) is 0.